The first-order valence-electron chi connectivity index (χ1n) is 5.88. The van der Waals surface area contributed by atoms with Crippen molar-refractivity contribution >= 4 is 0 Å². The van der Waals surface area contributed by atoms with E-state index in [1.807, 2.05) is 25.1 Å². The zero-order valence-corrected chi connectivity index (χ0v) is 10.6. The SMILES string of the molecule is Cc1cccc(COc2cncc(C#CCO)c2)n1. The quantitative estimate of drug-likeness (QED) is 0.847. The molecule has 4 heteroatoms. The fraction of sp³-hybridized carbons (Fsp3) is 0.200. The molecule has 2 rings (SSSR count). The summed E-state index contributed by atoms with van der Waals surface area (Å²) in [6.07, 6.45) is 3.25. The summed E-state index contributed by atoms with van der Waals surface area (Å²) in [6, 6.07) is 7.58. The molecule has 0 radical (unpaired) electrons. The summed E-state index contributed by atoms with van der Waals surface area (Å²) in [5.74, 6) is 5.99. The third-order valence-electron chi connectivity index (χ3n) is 2.36. The Hall–Kier alpha value is -2.38. The molecule has 1 N–H and O–H groups in total. The van der Waals surface area contributed by atoms with Crippen molar-refractivity contribution in [2.24, 2.45) is 0 Å². The van der Waals surface area contributed by atoms with Crippen LogP contribution in [0.2, 0.25) is 0 Å². The predicted molar refractivity (Wildman–Crippen MR) is 71.5 cm³/mol. The van der Waals surface area contributed by atoms with Crippen molar-refractivity contribution in [3.63, 3.8) is 0 Å². The average molecular weight is 254 g/mol. The lowest BCUT2D eigenvalue weighted by Gasteiger charge is -2.06. The molecule has 0 spiro atoms. The van der Waals surface area contributed by atoms with E-state index in [0.29, 0.717) is 17.9 Å². The van der Waals surface area contributed by atoms with Crippen molar-refractivity contribution in [1.29, 1.82) is 0 Å². The van der Waals surface area contributed by atoms with Crippen LogP contribution in [0.15, 0.2) is 36.7 Å². The van der Waals surface area contributed by atoms with Crippen LogP contribution in [0.5, 0.6) is 5.75 Å². The highest BCUT2D eigenvalue weighted by Gasteiger charge is 1.99. The Labute approximate surface area is 112 Å². The van der Waals surface area contributed by atoms with Crippen molar-refractivity contribution in [3.05, 3.63) is 53.6 Å². The van der Waals surface area contributed by atoms with Crippen molar-refractivity contribution in [1.82, 2.24) is 9.97 Å². The Morgan fingerprint density at radius 1 is 1.32 bits per heavy atom. The van der Waals surface area contributed by atoms with Gasteiger partial charge in [0, 0.05) is 17.5 Å². The van der Waals surface area contributed by atoms with Crippen LogP contribution in [0, 0.1) is 18.8 Å². The highest BCUT2D eigenvalue weighted by molar-refractivity contribution is 5.36. The van der Waals surface area contributed by atoms with Gasteiger partial charge in [-0.2, -0.15) is 0 Å². The zero-order valence-electron chi connectivity index (χ0n) is 10.6. The van der Waals surface area contributed by atoms with Gasteiger partial charge in [-0.25, -0.2) is 0 Å². The van der Waals surface area contributed by atoms with Gasteiger partial charge in [-0.15, -0.1) is 0 Å². The van der Waals surface area contributed by atoms with Crippen molar-refractivity contribution in [3.8, 4) is 17.6 Å². The minimum Gasteiger partial charge on any atom is -0.486 e. The lowest BCUT2D eigenvalue weighted by atomic mass is 10.3. The third-order valence-corrected chi connectivity index (χ3v) is 2.36. The summed E-state index contributed by atoms with van der Waals surface area (Å²) < 4.78 is 5.61. The van der Waals surface area contributed by atoms with Gasteiger partial charge in [-0.3, -0.25) is 9.97 Å². The van der Waals surface area contributed by atoms with Crippen LogP contribution in [0.3, 0.4) is 0 Å². The van der Waals surface area contributed by atoms with Gasteiger partial charge in [-0.1, -0.05) is 17.9 Å². The Kier molecular flexibility index (Phi) is 4.49. The second kappa shape index (κ2) is 6.53. The van der Waals surface area contributed by atoms with Crippen LogP contribution >= 0.6 is 0 Å². The standard InChI is InChI=1S/C15H14N2O2/c1-12-4-2-6-14(17-12)11-19-15-8-13(5-3-7-18)9-16-10-15/h2,4,6,8-10,18H,7,11H2,1H3. The van der Waals surface area contributed by atoms with Crippen molar-refractivity contribution in [2.75, 3.05) is 6.61 Å². The molecular formula is C15H14N2O2. The summed E-state index contributed by atoms with van der Waals surface area (Å²) in [4.78, 5) is 8.39. The number of hydrogen-bond acceptors (Lipinski definition) is 4. The van der Waals surface area contributed by atoms with E-state index in [-0.39, 0.29) is 6.61 Å². The maximum Gasteiger partial charge on any atom is 0.139 e. The van der Waals surface area contributed by atoms with E-state index in [4.69, 9.17) is 9.84 Å². The highest BCUT2D eigenvalue weighted by Crippen LogP contribution is 2.12. The van der Waals surface area contributed by atoms with Gasteiger partial charge < -0.3 is 9.84 Å². The fourth-order valence-electron chi connectivity index (χ4n) is 1.54. The number of ether oxygens (including phenoxy) is 1. The number of aliphatic hydroxyl groups is 1. The molecular weight excluding hydrogens is 240 g/mol. The monoisotopic (exact) mass is 254 g/mol. The van der Waals surface area contributed by atoms with Crippen LogP contribution in [0.1, 0.15) is 17.0 Å². The lowest BCUT2D eigenvalue weighted by Crippen LogP contribution is -1.99. The van der Waals surface area contributed by atoms with Crippen LogP contribution in [0.4, 0.5) is 0 Å². The predicted octanol–water partition coefficient (Wildman–Crippen LogP) is 1.71. The van der Waals surface area contributed by atoms with Crippen molar-refractivity contribution in [2.45, 2.75) is 13.5 Å². The first kappa shape index (κ1) is 13.1. The van der Waals surface area contributed by atoms with Gasteiger partial charge in [0.15, 0.2) is 0 Å². The van der Waals surface area contributed by atoms with Crippen LogP contribution in [-0.4, -0.2) is 21.7 Å². The fourth-order valence-corrected chi connectivity index (χ4v) is 1.54. The number of hydrogen-bond donors (Lipinski definition) is 1. The van der Waals surface area contributed by atoms with E-state index in [1.54, 1.807) is 18.5 Å². The Morgan fingerprint density at radius 2 is 2.21 bits per heavy atom. The normalized spacial score (nSPS) is 9.58. The maximum absolute atomic E-state index is 8.64. The number of aliphatic hydroxyl groups excluding tert-OH is 1. The number of pyridine rings is 2. The molecule has 0 aromatic carbocycles. The lowest BCUT2D eigenvalue weighted by molar-refractivity contribution is 0.300. The molecule has 0 atom stereocenters. The second-order valence-corrected chi connectivity index (χ2v) is 3.93. The summed E-state index contributed by atoms with van der Waals surface area (Å²) in [7, 11) is 0. The van der Waals surface area contributed by atoms with E-state index in [0.717, 1.165) is 11.4 Å². The molecule has 2 aromatic heterocycles. The summed E-state index contributed by atoms with van der Waals surface area (Å²) in [5, 5.41) is 8.64. The molecule has 2 heterocycles. The minimum absolute atomic E-state index is 0.168. The Morgan fingerprint density at radius 3 is 3.00 bits per heavy atom. The second-order valence-electron chi connectivity index (χ2n) is 3.93. The molecule has 0 saturated carbocycles. The van der Waals surface area contributed by atoms with E-state index in [9.17, 15) is 0 Å². The number of rotatable bonds is 3. The van der Waals surface area contributed by atoms with Gasteiger partial charge in [-0.05, 0) is 25.1 Å². The highest BCUT2D eigenvalue weighted by atomic mass is 16.5. The van der Waals surface area contributed by atoms with Crippen LogP contribution < -0.4 is 4.74 Å². The smallest absolute Gasteiger partial charge is 0.139 e. The number of aromatic nitrogens is 2. The van der Waals surface area contributed by atoms with E-state index in [2.05, 4.69) is 21.8 Å². The molecule has 0 aliphatic carbocycles. The van der Waals surface area contributed by atoms with E-state index in [1.165, 1.54) is 0 Å². The summed E-state index contributed by atoms with van der Waals surface area (Å²) in [6.45, 7) is 2.16. The maximum atomic E-state index is 8.64. The molecule has 0 fully saturated rings. The number of aryl methyl sites for hydroxylation is 1. The molecule has 0 aliphatic rings. The molecule has 0 amide bonds. The van der Waals surface area contributed by atoms with E-state index < -0.39 is 0 Å². The molecule has 2 aromatic rings. The van der Waals surface area contributed by atoms with Gasteiger partial charge in [0.05, 0.1) is 11.9 Å². The Balaban J connectivity index is 2.03. The van der Waals surface area contributed by atoms with Gasteiger partial charge in [0.25, 0.3) is 0 Å². The topological polar surface area (TPSA) is 55.2 Å². The average Bonchev–Trinajstić information content (AvgIpc) is 2.43. The molecule has 19 heavy (non-hydrogen) atoms. The van der Waals surface area contributed by atoms with Gasteiger partial charge in [0.2, 0.25) is 0 Å². The van der Waals surface area contributed by atoms with Crippen LogP contribution in [-0.2, 0) is 6.61 Å². The van der Waals surface area contributed by atoms with Gasteiger partial charge in [0.1, 0.15) is 19.0 Å². The Bertz CT molecular complexity index is 615. The molecule has 96 valence electrons. The molecule has 0 saturated heterocycles. The minimum atomic E-state index is -0.168. The first-order valence-corrected chi connectivity index (χ1v) is 5.88. The number of nitrogens with zero attached hydrogens (tertiary/aromatic N) is 2. The van der Waals surface area contributed by atoms with E-state index >= 15 is 0 Å². The van der Waals surface area contributed by atoms with Crippen LogP contribution in [0.25, 0.3) is 0 Å². The molecule has 0 bridgehead atoms. The summed E-state index contributed by atoms with van der Waals surface area (Å²) in [5.41, 5.74) is 2.54. The zero-order chi connectivity index (χ0) is 13.5. The first-order chi connectivity index (χ1) is 9.28. The van der Waals surface area contributed by atoms with Crippen molar-refractivity contribution < 1.29 is 9.84 Å². The summed E-state index contributed by atoms with van der Waals surface area (Å²) >= 11 is 0. The molecule has 0 unspecified atom stereocenters. The van der Waals surface area contributed by atoms with Gasteiger partial charge >= 0.3 is 0 Å². The largest absolute Gasteiger partial charge is 0.486 e. The molecule has 0 aliphatic heterocycles. The third kappa shape index (κ3) is 4.09. The molecule has 4 nitrogen and oxygen atoms in total.